The second kappa shape index (κ2) is 10.5. The van der Waals surface area contributed by atoms with E-state index < -0.39 is 5.97 Å². The molecule has 5 aliphatic carbocycles. The first kappa shape index (κ1) is 30.9. The van der Waals surface area contributed by atoms with Crippen LogP contribution in [0.3, 0.4) is 0 Å². The van der Waals surface area contributed by atoms with Crippen molar-refractivity contribution in [2.45, 2.75) is 111 Å². The lowest BCUT2D eigenvalue weighted by Gasteiger charge is -2.72. The molecule has 43 heavy (non-hydrogen) atoms. The summed E-state index contributed by atoms with van der Waals surface area (Å²) in [5, 5.41) is 13.1. The molecule has 0 bridgehead atoms. The predicted molar refractivity (Wildman–Crippen MR) is 174 cm³/mol. The molecule has 0 radical (unpaired) electrons. The number of benzene rings is 1. The van der Waals surface area contributed by atoms with Gasteiger partial charge in [-0.2, -0.15) is 0 Å². The number of fused-ring (bicyclic) bond motifs is 7. The highest BCUT2D eigenvalue weighted by Gasteiger charge is 2.69. The minimum absolute atomic E-state index is 0.0124. The van der Waals surface area contributed by atoms with Crippen LogP contribution in [-0.2, 0) is 4.79 Å². The average molecular weight is 589 g/mol. The van der Waals surface area contributed by atoms with E-state index in [0.29, 0.717) is 46.5 Å². The zero-order chi connectivity index (χ0) is 31.0. The topological polar surface area (TPSA) is 69.6 Å². The molecule has 4 saturated carbocycles. The Morgan fingerprint density at radius 1 is 0.860 bits per heavy atom. The summed E-state index contributed by atoms with van der Waals surface area (Å²) >= 11 is 0. The fraction of sp³-hybridized carbons (Fsp3) is 0.737. The summed E-state index contributed by atoms with van der Waals surface area (Å²) in [6.45, 7) is 13.7. The van der Waals surface area contributed by atoms with E-state index in [1.165, 1.54) is 56.1 Å². The number of amides is 1. The molecule has 2 N–H and O–H groups in total. The van der Waals surface area contributed by atoms with Crippen LogP contribution in [0, 0.1) is 45.3 Å². The molecule has 1 aromatic carbocycles. The van der Waals surface area contributed by atoms with Crippen molar-refractivity contribution < 1.29 is 14.7 Å². The highest BCUT2D eigenvalue weighted by molar-refractivity contribution is 5.88. The Morgan fingerprint density at radius 2 is 1.58 bits per heavy atom. The molecule has 5 nitrogen and oxygen atoms in total. The summed E-state index contributed by atoms with van der Waals surface area (Å²) < 4.78 is 0. The quantitative estimate of drug-likeness (QED) is 0.353. The van der Waals surface area contributed by atoms with Crippen molar-refractivity contribution in [3.63, 3.8) is 0 Å². The van der Waals surface area contributed by atoms with Crippen molar-refractivity contribution in [1.82, 2.24) is 10.2 Å². The van der Waals surface area contributed by atoms with Crippen LogP contribution in [-0.4, -0.2) is 48.1 Å². The zero-order valence-corrected chi connectivity index (χ0v) is 27.9. The van der Waals surface area contributed by atoms with Gasteiger partial charge in [-0.3, -0.25) is 4.79 Å². The van der Waals surface area contributed by atoms with Crippen molar-refractivity contribution in [2.24, 2.45) is 45.3 Å². The summed E-state index contributed by atoms with van der Waals surface area (Å²) in [5.41, 5.74) is 3.83. The van der Waals surface area contributed by atoms with Gasteiger partial charge in [-0.05, 0) is 140 Å². The molecular formula is C38H56N2O3. The standard InChI is InChI=1S/C38H56N2O3/c1-34(2)27(25-10-12-26(13-11-25)33(42)43)16-20-35(3)30(34)17-21-37(5)31(35)15-14-28-29-9-8-19-38(29,23-22-36(28,37)4)39-32(41)18-24-40(6)7/h10-13,16,28-31H,8-9,14-15,17-24H2,1-7H3,(H,39,41)(H,42,43)/t28-,29?,30?,31?,35+,36-,37-,38+/m1/s1. The van der Waals surface area contributed by atoms with Crippen LogP contribution in [0.15, 0.2) is 30.3 Å². The van der Waals surface area contributed by atoms with E-state index in [1.54, 1.807) is 12.1 Å². The SMILES string of the molecule is CN(C)CCC(=O)N[C@]12CCCC1[C@H]1CCC3[C@@]4(C)CC=C(c5ccc(C(=O)O)cc5)C(C)(C)C4CC[C@@]3(C)[C@]1(C)CC2. The minimum Gasteiger partial charge on any atom is -0.478 e. The first-order chi connectivity index (χ1) is 20.2. The van der Waals surface area contributed by atoms with Crippen LogP contribution in [0.25, 0.3) is 5.57 Å². The van der Waals surface area contributed by atoms with Gasteiger partial charge in [0.15, 0.2) is 0 Å². The predicted octanol–water partition coefficient (Wildman–Crippen LogP) is 8.05. The molecule has 5 aliphatic rings. The van der Waals surface area contributed by atoms with Crippen molar-refractivity contribution in [3.05, 3.63) is 41.5 Å². The van der Waals surface area contributed by atoms with Crippen molar-refractivity contribution in [3.8, 4) is 0 Å². The Hall–Kier alpha value is -2.14. The summed E-state index contributed by atoms with van der Waals surface area (Å²) in [6.07, 6.45) is 15.4. The third kappa shape index (κ3) is 4.57. The fourth-order valence-corrected chi connectivity index (χ4v) is 12.3. The maximum absolute atomic E-state index is 13.2. The van der Waals surface area contributed by atoms with Gasteiger partial charge in [0.05, 0.1) is 5.56 Å². The third-order valence-corrected chi connectivity index (χ3v) is 14.6. The number of rotatable bonds is 6. The van der Waals surface area contributed by atoms with E-state index in [9.17, 15) is 14.7 Å². The second-order valence-corrected chi connectivity index (χ2v) is 16.9. The number of carbonyl (C=O) groups is 2. The number of hydrogen-bond donors (Lipinski definition) is 2. The zero-order valence-electron chi connectivity index (χ0n) is 27.9. The number of nitrogens with one attached hydrogen (secondary N) is 1. The van der Waals surface area contributed by atoms with Crippen LogP contribution < -0.4 is 5.32 Å². The van der Waals surface area contributed by atoms with E-state index in [4.69, 9.17) is 0 Å². The molecule has 0 aliphatic heterocycles. The number of hydrogen-bond acceptors (Lipinski definition) is 3. The van der Waals surface area contributed by atoms with Crippen molar-refractivity contribution in [1.29, 1.82) is 0 Å². The van der Waals surface area contributed by atoms with Gasteiger partial charge in [0.25, 0.3) is 0 Å². The summed E-state index contributed by atoms with van der Waals surface area (Å²) in [7, 11) is 4.10. The molecule has 0 saturated heterocycles. The Labute approximate surface area is 260 Å². The van der Waals surface area contributed by atoms with Crippen molar-refractivity contribution >= 4 is 17.4 Å². The van der Waals surface area contributed by atoms with E-state index in [-0.39, 0.29) is 22.3 Å². The number of carbonyl (C=O) groups excluding carboxylic acids is 1. The van der Waals surface area contributed by atoms with Crippen molar-refractivity contribution in [2.75, 3.05) is 20.6 Å². The molecule has 1 aromatic rings. The number of nitrogens with zero attached hydrogens (tertiary/aromatic N) is 1. The lowest BCUT2D eigenvalue weighted by Crippen LogP contribution is -2.67. The summed E-state index contributed by atoms with van der Waals surface area (Å²) in [6, 6.07) is 7.57. The smallest absolute Gasteiger partial charge is 0.335 e. The van der Waals surface area contributed by atoms with Crippen LogP contribution in [0.1, 0.15) is 121 Å². The summed E-state index contributed by atoms with van der Waals surface area (Å²) in [5.74, 6) is 1.98. The number of carboxylic acids is 1. The number of aromatic carboxylic acids is 1. The normalized spacial score (nSPS) is 41.3. The maximum atomic E-state index is 13.2. The lowest BCUT2D eigenvalue weighted by molar-refractivity contribution is -0.217. The minimum atomic E-state index is -0.865. The largest absolute Gasteiger partial charge is 0.478 e. The Balaban J connectivity index is 1.28. The summed E-state index contributed by atoms with van der Waals surface area (Å²) in [4.78, 5) is 26.7. The lowest BCUT2D eigenvalue weighted by atomic mass is 9.33. The Bertz CT molecular complexity index is 1300. The highest BCUT2D eigenvalue weighted by Crippen LogP contribution is 2.76. The monoisotopic (exact) mass is 588 g/mol. The molecule has 0 aromatic heterocycles. The van der Waals surface area contributed by atoms with Gasteiger partial charge in [0.2, 0.25) is 5.91 Å². The molecule has 236 valence electrons. The molecule has 6 rings (SSSR count). The molecule has 4 fully saturated rings. The maximum Gasteiger partial charge on any atom is 0.335 e. The molecule has 3 unspecified atom stereocenters. The average Bonchev–Trinajstić information content (AvgIpc) is 3.35. The number of allylic oxidation sites excluding steroid dienone is 2. The van der Waals surface area contributed by atoms with Gasteiger partial charge < -0.3 is 15.3 Å². The molecule has 0 heterocycles. The van der Waals surface area contributed by atoms with Gasteiger partial charge >= 0.3 is 5.97 Å². The van der Waals surface area contributed by atoms with Crippen LogP contribution in [0.5, 0.6) is 0 Å². The molecule has 0 spiro atoms. The molecule has 5 heteroatoms. The fourth-order valence-electron chi connectivity index (χ4n) is 12.3. The Morgan fingerprint density at radius 3 is 2.26 bits per heavy atom. The molecule has 1 amide bonds. The Kier molecular flexibility index (Phi) is 7.51. The van der Waals surface area contributed by atoms with Crippen LogP contribution in [0.4, 0.5) is 0 Å². The first-order valence-electron chi connectivity index (χ1n) is 17.2. The van der Waals surface area contributed by atoms with E-state index in [1.807, 2.05) is 26.2 Å². The molecule has 8 atom stereocenters. The number of carboxylic acid groups (broad SMARTS) is 1. The first-order valence-corrected chi connectivity index (χ1v) is 17.2. The van der Waals surface area contributed by atoms with E-state index >= 15 is 0 Å². The van der Waals surface area contributed by atoms with Crippen LogP contribution in [0.2, 0.25) is 0 Å². The van der Waals surface area contributed by atoms with Gasteiger partial charge in [0, 0.05) is 18.5 Å². The van der Waals surface area contributed by atoms with Crippen LogP contribution >= 0.6 is 0 Å². The van der Waals surface area contributed by atoms with E-state index in [2.05, 4.69) is 50.9 Å². The second-order valence-electron chi connectivity index (χ2n) is 16.9. The molecular weight excluding hydrogens is 532 g/mol. The van der Waals surface area contributed by atoms with Gasteiger partial charge in [-0.15, -0.1) is 0 Å². The highest BCUT2D eigenvalue weighted by atomic mass is 16.4. The van der Waals surface area contributed by atoms with Gasteiger partial charge in [-0.1, -0.05) is 59.2 Å². The van der Waals surface area contributed by atoms with Gasteiger partial charge in [0.1, 0.15) is 0 Å². The third-order valence-electron chi connectivity index (χ3n) is 14.6. The van der Waals surface area contributed by atoms with Gasteiger partial charge in [-0.25, -0.2) is 4.79 Å². The van der Waals surface area contributed by atoms with E-state index in [0.717, 1.165) is 25.8 Å².